The van der Waals surface area contributed by atoms with Crippen LogP contribution < -0.4 is 11.1 Å². The molecule has 1 unspecified atom stereocenters. The van der Waals surface area contributed by atoms with E-state index in [1.54, 1.807) is 0 Å². The van der Waals surface area contributed by atoms with Crippen molar-refractivity contribution in [1.29, 1.82) is 0 Å². The molecular formula is C15H24N2O. The van der Waals surface area contributed by atoms with Gasteiger partial charge in [0.05, 0.1) is 0 Å². The zero-order valence-electron chi connectivity index (χ0n) is 11.6. The zero-order chi connectivity index (χ0) is 13.5. The van der Waals surface area contributed by atoms with Crippen LogP contribution in [-0.4, -0.2) is 12.5 Å². The van der Waals surface area contributed by atoms with E-state index >= 15 is 0 Å². The number of hydrogen-bond acceptors (Lipinski definition) is 2. The van der Waals surface area contributed by atoms with Gasteiger partial charge < -0.3 is 11.1 Å². The minimum Gasteiger partial charge on any atom is -0.330 e. The van der Waals surface area contributed by atoms with Crippen LogP contribution in [0.5, 0.6) is 0 Å². The maximum absolute atomic E-state index is 12.2. The molecule has 0 aliphatic carbocycles. The van der Waals surface area contributed by atoms with Gasteiger partial charge in [-0.1, -0.05) is 25.5 Å². The van der Waals surface area contributed by atoms with Crippen molar-refractivity contribution in [3.05, 3.63) is 29.3 Å². The second-order valence-electron chi connectivity index (χ2n) is 4.80. The molecular weight excluding hydrogens is 224 g/mol. The lowest BCUT2D eigenvalue weighted by molar-refractivity contribution is -0.120. The van der Waals surface area contributed by atoms with Crippen LogP contribution in [0.4, 0.5) is 5.69 Å². The van der Waals surface area contributed by atoms with E-state index in [1.807, 2.05) is 32.0 Å². The van der Waals surface area contributed by atoms with Gasteiger partial charge in [0.2, 0.25) is 5.91 Å². The van der Waals surface area contributed by atoms with Crippen molar-refractivity contribution >= 4 is 11.6 Å². The number of amides is 1. The van der Waals surface area contributed by atoms with Gasteiger partial charge in [-0.05, 0) is 50.4 Å². The van der Waals surface area contributed by atoms with Crippen molar-refractivity contribution in [3.63, 3.8) is 0 Å². The van der Waals surface area contributed by atoms with E-state index in [4.69, 9.17) is 5.73 Å². The van der Waals surface area contributed by atoms with Crippen molar-refractivity contribution in [1.82, 2.24) is 0 Å². The lowest BCUT2D eigenvalue weighted by Gasteiger charge is -2.17. The van der Waals surface area contributed by atoms with Gasteiger partial charge in [0.25, 0.3) is 0 Å². The van der Waals surface area contributed by atoms with Crippen molar-refractivity contribution in [2.45, 2.75) is 40.0 Å². The molecule has 1 rings (SSSR count). The van der Waals surface area contributed by atoms with Gasteiger partial charge in [0, 0.05) is 11.6 Å². The largest absolute Gasteiger partial charge is 0.330 e. The Morgan fingerprint density at radius 1 is 1.33 bits per heavy atom. The van der Waals surface area contributed by atoms with Crippen molar-refractivity contribution in [2.24, 2.45) is 11.7 Å². The van der Waals surface area contributed by atoms with Crippen LogP contribution in [0.1, 0.15) is 37.3 Å². The summed E-state index contributed by atoms with van der Waals surface area (Å²) in [6.07, 6.45) is 2.66. The quantitative estimate of drug-likeness (QED) is 0.813. The van der Waals surface area contributed by atoms with Gasteiger partial charge in [-0.25, -0.2) is 0 Å². The summed E-state index contributed by atoms with van der Waals surface area (Å²) in [6.45, 7) is 6.73. The molecule has 0 aliphatic rings. The van der Waals surface area contributed by atoms with E-state index < -0.39 is 0 Å². The highest BCUT2D eigenvalue weighted by atomic mass is 16.1. The second-order valence-corrected chi connectivity index (χ2v) is 4.80. The van der Waals surface area contributed by atoms with Crippen LogP contribution >= 0.6 is 0 Å². The third-order valence-corrected chi connectivity index (χ3v) is 3.39. The van der Waals surface area contributed by atoms with Gasteiger partial charge in [-0.3, -0.25) is 4.79 Å². The summed E-state index contributed by atoms with van der Waals surface area (Å²) in [5.41, 5.74) is 8.81. The molecule has 3 nitrogen and oxygen atoms in total. The maximum atomic E-state index is 12.2. The monoisotopic (exact) mass is 248 g/mol. The molecule has 0 aromatic heterocycles. The standard InChI is InChI=1S/C15H24N2O/c1-4-6-13(9-10-16)15(18)17-14-8-5-7-11(2)12(14)3/h5,7-8,13H,4,6,9-10,16H2,1-3H3,(H,17,18). The number of anilines is 1. The number of benzene rings is 1. The van der Waals surface area contributed by atoms with Crippen molar-refractivity contribution in [2.75, 3.05) is 11.9 Å². The third-order valence-electron chi connectivity index (χ3n) is 3.39. The number of nitrogens with two attached hydrogens (primary N) is 1. The number of aryl methyl sites for hydroxylation is 1. The fraction of sp³-hybridized carbons (Fsp3) is 0.533. The SMILES string of the molecule is CCCC(CCN)C(=O)Nc1cccc(C)c1C. The number of rotatable bonds is 6. The Balaban J connectivity index is 2.75. The van der Waals surface area contributed by atoms with E-state index in [0.717, 1.165) is 30.5 Å². The molecule has 0 fully saturated rings. The minimum atomic E-state index is 0.0277. The summed E-state index contributed by atoms with van der Waals surface area (Å²) in [4.78, 5) is 12.2. The Labute approximate surface area is 110 Å². The van der Waals surface area contributed by atoms with E-state index in [2.05, 4.69) is 12.2 Å². The Bertz CT molecular complexity index is 395. The molecule has 1 aromatic carbocycles. The summed E-state index contributed by atoms with van der Waals surface area (Å²) < 4.78 is 0. The average molecular weight is 248 g/mol. The molecule has 1 aromatic rings. The van der Waals surface area contributed by atoms with E-state index in [0.29, 0.717) is 6.54 Å². The van der Waals surface area contributed by atoms with Crippen LogP contribution in [0.15, 0.2) is 18.2 Å². The summed E-state index contributed by atoms with van der Waals surface area (Å²) in [6, 6.07) is 5.97. The first-order valence-electron chi connectivity index (χ1n) is 6.67. The molecule has 100 valence electrons. The van der Waals surface area contributed by atoms with E-state index in [9.17, 15) is 4.79 Å². The first kappa shape index (κ1) is 14.7. The van der Waals surface area contributed by atoms with E-state index in [1.165, 1.54) is 5.56 Å². The first-order chi connectivity index (χ1) is 8.60. The molecule has 0 aliphatic heterocycles. The first-order valence-corrected chi connectivity index (χ1v) is 6.67. The Morgan fingerprint density at radius 2 is 2.06 bits per heavy atom. The molecule has 1 atom stereocenters. The molecule has 18 heavy (non-hydrogen) atoms. The number of carbonyl (C=O) groups excluding carboxylic acids is 1. The van der Waals surface area contributed by atoms with Crippen LogP contribution in [0.2, 0.25) is 0 Å². The van der Waals surface area contributed by atoms with Gasteiger partial charge in [-0.15, -0.1) is 0 Å². The van der Waals surface area contributed by atoms with Gasteiger partial charge in [0.1, 0.15) is 0 Å². The van der Waals surface area contributed by atoms with Crippen LogP contribution in [0.25, 0.3) is 0 Å². The molecule has 0 heterocycles. The van der Waals surface area contributed by atoms with Crippen molar-refractivity contribution < 1.29 is 4.79 Å². The smallest absolute Gasteiger partial charge is 0.227 e. The van der Waals surface area contributed by atoms with Gasteiger partial charge in [0.15, 0.2) is 0 Å². The molecule has 0 spiro atoms. The van der Waals surface area contributed by atoms with Gasteiger partial charge >= 0.3 is 0 Å². The van der Waals surface area contributed by atoms with Crippen LogP contribution in [0.3, 0.4) is 0 Å². The van der Waals surface area contributed by atoms with Crippen LogP contribution in [0, 0.1) is 19.8 Å². The Kier molecular flexibility index (Phi) is 5.86. The normalized spacial score (nSPS) is 12.2. The zero-order valence-corrected chi connectivity index (χ0v) is 11.6. The molecule has 0 bridgehead atoms. The molecule has 0 radical (unpaired) electrons. The highest BCUT2D eigenvalue weighted by Gasteiger charge is 2.17. The van der Waals surface area contributed by atoms with Crippen molar-refractivity contribution in [3.8, 4) is 0 Å². The fourth-order valence-electron chi connectivity index (χ4n) is 2.08. The highest BCUT2D eigenvalue weighted by molar-refractivity contribution is 5.93. The predicted molar refractivity (Wildman–Crippen MR) is 76.6 cm³/mol. The van der Waals surface area contributed by atoms with Crippen LogP contribution in [-0.2, 0) is 4.79 Å². The minimum absolute atomic E-state index is 0.0277. The number of carbonyl (C=O) groups is 1. The number of hydrogen-bond donors (Lipinski definition) is 2. The predicted octanol–water partition coefficient (Wildman–Crippen LogP) is 3.01. The summed E-state index contributed by atoms with van der Waals surface area (Å²) in [5, 5.41) is 3.03. The lowest BCUT2D eigenvalue weighted by Crippen LogP contribution is -2.25. The molecule has 1 amide bonds. The highest BCUT2D eigenvalue weighted by Crippen LogP contribution is 2.20. The third kappa shape index (κ3) is 3.84. The molecule has 0 saturated heterocycles. The Morgan fingerprint density at radius 3 is 2.67 bits per heavy atom. The molecule has 0 saturated carbocycles. The summed E-state index contributed by atoms with van der Waals surface area (Å²) in [5.74, 6) is 0.121. The average Bonchev–Trinajstić information content (AvgIpc) is 2.34. The molecule has 3 heteroatoms. The summed E-state index contributed by atoms with van der Waals surface area (Å²) >= 11 is 0. The number of nitrogens with one attached hydrogen (secondary N) is 1. The van der Waals surface area contributed by atoms with Gasteiger partial charge in [-0.2, -0.15) is 0 Å². The second kappa shape index (κ2) is 7.17. The van der Waals surface area contributed by atoms with E-state index in [-0.39, 0.29) is 11.8 Å². The maximum Gasteiger partial charge on any atom is 0.227 e. The lowest BCUT2D eigenvalue weighted by atomic mass is 9.98. The Hall–Kier alpha value is -1.35. The topological polar surface area (TPSA) is 55.1 Å². The fourth-order valence-corrected chi connectivity index (χ4v) is 2.08. The molecule has 3 N–H and O–H groups in total. The summed E-state index contributed by atoms with van der Waals surface area (Å²) in [7, 11) is 0.